The van der Waals surface area contributed by atoms with E-state index in [9.17, 15) is 18.0 Å². The first-order valence-corrected chi connectivity index (χ1v) is 8.79. The van der Waals surface area contributed by atoms with E-state index in [1.54, 1.807) is 30.3 Å². The van der Waals surface area contributed by atoms with E-state index in [4.69, 9.17) is 15.9 Å². The molecule has 13 heteroatoms. The van der Waals surface area contributed by atoms with Gasteiger partial charge in [0.15, 0.2) is 5.96 Å². The summed E-state index contributed by atoms with van der Waals surface area (Å²) in [6, 6.07) is 5.92. The van der Waals surface area contributed by atoms with E-state index < -0.39 is 30.2 Å². The van der Waals surface area contributed by atoms with Crippen LogP contribution in [0, 0.1) is 0 Å². The van der Waals surface area contributed by atoms with E-state index in [1.165, 1.54) is 6.92 Å². The number of guanidine groups is 1. The molecule has 4 rings (SSSR count). The fourth-order valence-corrected chi connectivity index (χ4v) is 3.62. The molecule has 1 aromatic heterocycles. The van der Waals surface area contributed by atoms with Gasteiger partial charge in [-0.2, -0.15) is 18.2 Å². The standard InChI is InChI=1S/C17H17F3N8O2/c1-7-9(13-25-26-16(30-13)24-15(21)22)14(29)28-12(23-7)10(8-5-3-2-4-6-8)11(27-28)17(18,19)20/h2-6,10-12,23,27H,1H3,(H4,21,22,24,26). The third-order valence-electron chi connectivity index (χ3n) is 4.82. The van der Waals surface area contributed by atoms with Gasteiger partial charge in [0.2, 0.25) is 0 Å². The largest absolute Gasteiger partial charge is 0.406 e. The van der Waals surface area contributed by atoms with E-state index >= 15 is 0 Å². The normalized spacial score (nSPS) is 23.9. The summed E-state index contributed by atoms with van der Waals surface area (Å²) in [7, 11) is 0. The molecular weight excluding hydrogens is 405 g/mol. The highest BCUT2D eigenvalue weighted by Crippen LogP contribution is 2.42. The average molecular weight is 422 g/mol. The second-order valence-corrected chi connectivity index (χ2v) is 6.78. The SMILES string of the molecule is CC1=C(c2nnc(N=C(N)N)o2)C(=O)N2NC(C(F)(F)F)C(c3ccccc3)C2N1. The van der Waals surface area contributed by atoms with Gasteiger partial charge in [0.25, 0.3) is 11.8 Å². The lowest BCUT2D eigenvalue weighted by Crippen LogP contribution is -2.54. The Bertz CT molecular complexity index is 1030. The number of carbonyl (C=O) groups is 1. The summed E-state index contributed by atoms with van der Waals surface area (Å²) in [4.78, 5) is 16.7. The first kappa shape index (κ1) is 19.7. The smallest absolute Gasteiger partial charge is 0.401 e. The van der Waals surface area contributed by atoms with E-state index in [0.29, 0.717) is 5.56 Å². The van der Waals surface area contributed by atoms with Gasteiger partial charge < -0.3 is 21.2 Å². The van der Waals surface area contributed by atoms with Gasteiger partial charge in [-0.25, -0.2) is 10.4 Å². The fraction of sp³-hybridized carbons (Fsp3) is 0.294. The van der Waals surface area contributed by atoms with Gasteiger partial charge in [-0.3, -0.25) is 4.79 Å². The van der Waals surface area contributed by atoms with E-state index in [2.05, 4.69) is 25.9 Å². The van der Waals surface area contributed by atoms with Crippen LogP contribution in [0.5, 0.6) is 0 Å². The molecule has 1 saturated heterocycles. The lowest BCUT2D eigenvalue weighted by Gasteiger charge is -2.34. The van der Waals surface area contributed by atoms with Crippen LogP contribution in [-0.2, 0) is 4.79 Å². The summed E-state index contributed by atoms with van der Waals surface area (Å²) in [5.41, 5.74) is 13.4. The molecule has 3 unspecified atom stereocenters. The number of aromatic nitrogens is 2. The molecule has 2 aliphatic heterocycles. The van der Waals surface area contributed by atoms with Crippen LogP contribution in [0.4, 0.5) is 19.2 Å². The van der Waals surface area contributed by atoms with Crippen molar-refractivity contribution in [1.29, 1.82) is 0 Å². The minimum Gasteiger partial charge on any atom is -0.401 e. The molecule has 30 heavy (non-hydrogen) atoms. The van der Waals surface area contributed by atoms with Crippen LogP contribution in [0.1, 0.15) is 24.3 Å². The minimum atomic E-state index is -4.60. The number of nitrogens with zero attached hydrogens (tertiary/aromatic N) is 4. The van der Waals surface area contributed by atoms with Gasteiger partial charge in [-0.1, -0.05) is 35.4 Å². The summed E-state index contributed by atoms with van der Waals surface area (Å²) in [5, 5.41) is 11.2. The van der Waals surface area contributed by atoms with Crippen LogP contribution in [0.15, 0.2) is 45.4 Å². The van der Waals surface area contributed by atoms with Gasteiger partial charge in [0.1, 0.15) is 17.8 Å². The highest BCUT2D eigenvalue weighted by Gasteiger charge is 2.58. The molecule has 0 saturated carbocycles. The molecule has 3 heterocycles. The summed E-state index contributed by atoms with van der Waals surface area (Å²) < 4.78 is 46.6. The second kappa shape index (κ2) is 7.02. The molecule has 0 aliphatic carbocycles. The lowest BCUT2D eigenvalue weighted by molar-refractivity contribution is -0.161. The Hall–Kier alpha value is -3.61. The van der Waals surface area contributed by atoms with Crippen molar-refractivity contribution in [3.05, 3.63) is 47.5 Å². The van der Waals surface area contributed by atoms with Crippen molar-refractivity contribution < 1.29 is 22.4 Å². The number of nitrogens with two attached hydrogens (primary N) is 2. The van der Waals surface area contributed by atoms with Crippen LogP contribution in [0.25, 0.3) is 5.57 Å². The second-order valence-electron chi connectivity index (χ2n) is 6.78. The first-order valence-electron chi connectivity index (χ1n) is 8.79. The van der Waals surface area contributed by atoms with Crippen molar-refractivity contribution in [3.63, 3.8) is 0 Å². The highest BCUT2D eigenvalue weighted by atomic mass is 19.4. The number of rotatable bonds is 3. The number of benzene rings is 1. The monoisotopic (exact) mass is 422 g/mol. The number of alkyl halides is 3. The molecular formula is C17H17F3N8O2. The molecule has 158 valence electrons. The van der Waals surface area contributed by atoms with Crippen molar-refractivity contribution >= 4 is 23.5 Å². The zero-order valence-corrected chi connectivity index (χ0v) is 15.5. The summed E-state index contributed by atoms with van der Waals surface area (Å²) in [6.45, 7) is 1.54. The third kappa shape index (κ3) is 3.32. The number of hydrogen-bond donors (Lipinski definition) is 4. The third-order valence-corrected chi connectivity index (χ3v) is 4.82. The van der Waals surface area contributed by atoms with E-state index in [1.807, 2.05) is 0 Å². The van der Waals surface area contributed by atoms with Crippen molar-refractivity contribution in [1.82, 2.24) is 25.9 Å². The maximum atomic E-state index is 13.8. The Morgan fingerprint density at radius 3 is 2.57 bits per heavy atom. The van der Waals surface area contributed by atoms with Crippen LogP contribution in [0.2, 0.25) is 0 Å². The highest BCUT2D eigenvalue weighted by molar-refractivity contribution is 6.19. The first-order chi connectivity index (χ1) is 14.2. The molecule has 0 bridgehead atoms. The average Bonchev–Trinajstić information content (AvgIpc) is 3.26. The number of amides is 1. The number of aliphatic imine (C=N–C) groups is 1. The van der Waals surface area contributed by atoms with Crippen LogP contribution in [-0.4, -0.2) is 45.5 Å². The Balaban J connectivity index is 1.73. The van der Waals surface area contributed by atoms with Gasteiger partial charge in [-0.05, 0) is 12.5 Å². The molecule has 2 aromatic rings. The van der Waals surface area contributed by atoms with Crippen LogP contribution < -0.4 is 22.2 Å². The van der Waals surface area contributed by atoms with Crippen molar-refractivity contribution in [2.45, 2.75) is 31.2 Å². The van der Waals surface area contributed by atoms with Crippen molar-refractivity contribution in [2.24, 2.45) is 16.5 Å². The van der Waals surface area contributed by atoms with Crippen LogP contribution in [0.3, 0.4) is 0 Å². The summed E-state index contributed by atoms with van der Waals surface area (Å²) >= 11 is 0. The molecule has 2 aliphatic rings. The predicted octanol–water partition coefficient (Wildman–Crippen LogP) is 0.696. The molecule has 0 spiro atoms. The molecule has 1 aromatic carbocycles. The fourth-order valence-electron chi connectivity index (χ4n) is 3.62. The quantitative estimate of drug-likeness (QED) is 0.417. The number of fused-ring (bicyclic) bond motifs is 1. The van der Waals surface area contributed by atoms with E-state index in [-0.39, 0.29) is 29.1 Å². The topological polar surface area (TPSA) is 148 Å². The number of nitrogens with one attached hydrogen (secondary N) is 2. The van der Waals surface area contributed by atoms with Gasteiger partial charge in [0, 0.05) is 5.70 Å². The summed E-state index contributed by atoms with van der Waals surface area (Å²) in [6.07, 6.45) is -5.57. The number of allylic oxidation sites excluding steroid dienone is 1. The lowest BCUT2D eigenvalue weighted by atomic mass is 9.89. The molecule has 1 amide bonds. The maximum Gasteiger partial charge on any atom is 0.406 e. The number of hydrazine groups is 1. The molecule has 3 atom stereocenters. The number of hydrogen-bond acceptors (Lipinski definition) is 7. The van der Waals surface area contributed by atoms with Crippen molar-refractivity contribution in [3.8, 4) is 0 Å². The molecule has 10 nitrogen and oxygen atoms in total. The molecule has 1 fully saturated rings. The Morgan fingerprint density at radius 2 is 1.93 bits per heavy atom. The Morgan fingerprint density at radius 1 is 1.23 bits per heavy atom. The Labute approximate surface area is 167 Å². The number of halogens is 3. The zero-order chi connectivity index (χ0) is 21.6. The summed E-state index contributed by atoms with van der Waals surface area (Å²) in [5.74, 6) is -2.38. The van der Waals surface area contributed by atoms with Crippen LogP contribution >= 0.6 is 0 Å². The minimum absolute atomic E-state index is 0.0853. The maximum absolute atomic E-state index is 13.8. The predicted molar refractivity (Wildman–Crippen MR) is 98.3 cm³/mol. The zero-order valence-electron chi connectivity index (χ0n) is 15.5. The molecule has 0 radical (unpaired) electrons. The Kier molecular flexibility index (Phi) is 4.61. The molecule has 6 N–H and O–H groups in total. The van der Waals surface area contributed by atoms with E-state index in [0.717, 1.165) is 5.01 Å². The number of carbonyl (C=O) groups excluding carboxylic acids is 1. The van der Waals surface area contributed by atoms with Gasteiger partial charge in [-0.15, -0.1) is 5.10 Å². The van der Waals surface area contributed by atoms with Gasteiger partial charge in [0.05, 0.1) is 5.92 Å². The van der Waals surface area contributed by atoms with Crippen molar-refractivity contribution in [2.75, 3.05) is 0 Å². The van der Waals surface area contributed by atoms with Gasteiger partial charge >= 0.3 is 12.2 Å².